The van der Waals surface area contributed by atoms with Gasteiger partial charge in [-0.25, -0.2) is 0 Å². The fourth-order valence-electron chi connectivity index (χ4n) is 4.91. The number of hydrazone groups is 1. The smallest absolute Gasteiger partial charge is 0.316 e. The minimum atomic E-state index is -1.94. The van der Waals surface area contributed by atoms with E-state index >= 15 is 0 Å². The lowest BCUT2D eigenvalue weighted by Gasteiger charge is -2.15. The highest BCUT2D eigenvalue weighted by atomic mass is 35.5. The molecule has 1 heterocycles. The zero-order valence-corrected chi connectivity index (χ0v) is 29.3. The van der Waals surface area contributed by atoms with E-state index in [9.17, 15) is 13.8 Å². The Morgan fingerprint density at radius 1 is 0.872 bits per heavy atom. The number of nitrogens with zero attached hydrogens (tertiary/aromatic N) is 2. The van der Waals surface area contributed by atoms with Gasteiger partial charge in [0.15, 0.2) is 0 Å². The Morgan fingerprint density at radius 3 is 2.15 bits per heavy atom. The monoisotopic (exact) mass is 720 g/mol. The maximum atomic E-state index is 12.9. The normalized spacial score (nSPS) is 13.3. The zero-order valence-electron chi connectivity index (χ0n) is 26.2. The molecule has 0 bridgehead atoms. The molecule has 9 nitrogen and oxygen atoms in total. The van der Waals surface area contributed by atoms with Crippen LogP contribution in [0.4, 0.5) is 11.4 Å². The summed E-state index contributed by atoms with van der Waals surface area (Å²) in [7, 11) is 0. The Labute approximate surface area is 293 Å². The molecule has 1 aliphatic heterocycles. The number of ether oxygens (including phenoxy) is 1. The fraction of sp³-hybridized carbons (Fsp3) is 0.382. The predicted octanol–water partition coefficient (Wildman–Crippen LogP) is 9.50. The summed E-state index contributed by atoms with van der Waals surface area (Å²) in [5.74, 6) is 0.286. The second kappa shape index (κ2) is 18.9. The van der Waals surface area contributed by atoms with Crippen LogP contribution >= 0.6 is 34.8 Å². The second-order valence-corrected chi connectivity index (χ2v) is 13.2. The van der Waals surface area contributed by atoms with Crippen LogP contribution in [-0.2, 0) is 16.1 Å². The molecule has 1 unspecified atom stereocenters. The molecule has 0 spiro atoms. The number of benzene rings is 3. The molecule has 0 aliphatic carbocycles. The van der Waals surface area contributed by atoms with Crippen LogP contribution < -0.4 is 24.0 Å². The molecule has 0 radical (unpaired) electrons. The molecule has 13 heteroatoms. The summed E-state index contributed by atoms with van der Waals surface area (Å²) in [6.07, 6.45) is 12.5. The summed E-state index contributed by atoms with van der Waals surface area (Å²) in [4.78, 5) is 25.6. The van der Waals surface area contributed by atoms with Crippen LogP contribution in [-0.4, -0.2) is 28.5 Å². The van der Waals surface area contributed by atoms with E-state index in [1.807, 2.05) is 0 Å². The van der Waals surface area contributed by atoms with Crippen molar-refractivity contribution >= 4 is 75.1 Å². The predicted molar refractivity (Wildman–Crippen MR) is 191 cm³/mol. The third kappa shape index (κ3) is 11.7. The van der Waals surface area contributed by atoms with E-state index in [1.54, 1.807) is 42.5 Å². The fourth-order valence-corrected chi connectivity index (χ4v) is 6.54. The molecule has 1 atom stereocenters. The van der Waals surface area contributed by atoms with Crippen molar-refractivity contribution in [3.63, 3.8) is 0 Å². The van der Waals surface area contributed by atoms with E-state index in [0.717, 1.165) is 23.6 Å². The third-order valence-electron chi connectivity index (χ3n) is 7.32. The molecule has 3 aromatic rings. The summed E-state index contributed by atoms with van der Waals surface area (Å²) in [6.45, 7) is 2.90. The van der Waals surface area contributed by atoms with Gasteiger partial charge in [-0.15, -0.1) is 0 Å². The molecule has 47 heavy (non-hydrogen) atoms. The van der Waals surface area contributed by atoms with Crippen LogP contribution in [0.3, 0.4) is 0 Å². The number of unbranched alkanes of at least 4 members (excludes halogenated alkanes) is 9. The highest BCUT2D eigenvalue weighted by Gasteiger charge is 2.30. The van der Waals surface area contributed by atoms with Gasteiger partial charge in [-0.05, 0) is 61.0 Å². The lowest BCUT2D eigenvalue weighted by atomic mass is 10.1. The van der Waals surface area contributed by atoms with Crippen molar-refractivity contribution in [3.8, 4) is 11.5 Å². The van der Waals surface area contributed by atoms with E-state index in [2.05, 4.69) is 22.1 Å². The van der Waals surface area contributed by atoms with E-state index in [4.69, 9.17) is 43.7 Å². The summed E-state index contributed by atoms with van der Waals surface area (Å²) in [5, 5.41) is 8.45. The standard InChI is InChI=1S/C34H39Cl3N4O5S/c1-2-3-4-5-6-7-8-9-10-11-19-45-27-15-17-28(18-16-27)46-47(44)40-26-14-12-13-24(20-26)34(43)38-31-23-32(42)41(39-31)33-29(36)21-25(35)22-30(33)37/h12-18,20-22,40H,2-11,19,23H2,1H3,(H,38,39,43). The Bertz CT molecular complexity index is 1550. The van der Waals surface area contributed by atoms with Crippen molar-refractivity contribution < 1.29 is 22.7 Å². The first kappa shape index (κ1) is 36.5. The van der Waals surface area contributed by atoms with Gasteiger partial charge in [-0.1, -0.05) is 106 Å². The highest BCUT2D eigenvalue weighted by molar-refractivity contribution is 7.81. The van der Waals surface area contributed by atoms with E-state index in [1.165, 1.54) is 69.6 Å². The van der Waals surface area contributed by atoms with E-state index in [0.29, 0.717) is 23.1 Å². The average Bonchev–Trinajstić information content (AvgIpc) is 3.39. The van der Waals surface area contributed by atoms with Gasteiger partial charge in [0, 0.05) is 10.6 Å². The van der Waals surface area contributed by atoms with Crippen LogP contribution in [0.15, 0.2) is 65.8 Å². The Balaban J connectivity index is 1.19. The topological polar surface area (TPSA) is 109 Å². The maximum absolute atomic E-state index is 12.9. The number of hydrogen-bond acceptors (Lipinski definition) is 6. The molecule has 252 valence electrons. The van der Waals surface area contributed by atoms with Crippen LogP contribution in [0.25, 0.3) is 0 Å². The maximum Gasteiger partial charge on any atom is 0.316 e. The third-order valence-corrected chi connectivity index (χ3v) is 8.86. The molecule has 2 N–H and O–H groups in total. The largest absolute Gasteiger partial charge is 0.494 e. The SMILES string of the molecule is CCCCCCCCCCCCOc1ccc(OS(=O)Nc2cccc(C(=O)NC3=NN(c4c(Cl)cc(Cl)cc4Cl)C(=O)C3)c2)cc1. The van der Waals surface area contributed by atoms with Gasteiger partial charge in [0.1, 0.15) is 23.0 Å². The van der Waals surface area contributed by atoms with Crippen LogP contribution in [0.5, 0.6) is 11.5 Å². The molecular formula is C34H39Cl3N4O5S. The van der Waals surface area contributed by atoms with Gasteiger partial charge < -0.3 is 14.2 Å². The Morgan fingerprint density at radius 2 is 1.49 bits per heavy atom. The first-order valence-corrected chi connectivity index (χ1v) is 18.0. The molecular weight excluding hydrogens is 683 g/mol. The second-order valence-electron chi connectivity index (χ2n) is 11.1. The number of carbonyl (C=O) groups is 2. The molecule has 0 fully saturated rings. The van der Waals surface area contributed by atoms with Gasteiger partial charge in [0.05, 0.1) is 28.8 Å². The summed E-state index contributed by atoms with van der Waals surface area (Å²) < 4.78 is 26.7. The number of carbonyl (C=O) groups excluding carboxylic acids is 2. The highest BCUT2D eigenvalue weighted by Crippen LogP contribution is 2.38. The number of amidine groups is 1. The minimum Gasteiger partial charge on any atom is -0.494 e. The molecule has 2 amide bonds. The van der Waals surface area contributed by atoms with Crippen molar-refractivity contribution in [2.75, 3.05) is 16.3 Å². The van der Waals surface area contributed by atoms with E-state index in [-0.39, 0.29) is 33.6 Å². The number of hydrogen-bond donors (Lipinski definition) is 2. The summed E-state index contributed by atoms with van der Waals surface area (Å²) in [6, 6.07) is 16.2. The van der Waals surface area contributed by atoms with Crippen LogP contribution in [0, 0.1) is 0 Å². The number of anilines is 2. The quantitative estimate of drug-likeness (QED) is 0.127. The van der Waals surface area contributed by atoms with Crippen molar-refractivity contribution in [1.29, 1.82) is 0 Å². The molecule has 3 aromatic carbocycles. The van der Waals surface area contributed by atoms with Crippen LogP contribution in [0.1, 0.15) is 87.9 Å². The number of nitrogens with one attached hydrogen (secondary N) is 2. The van der Waals surface area contributed by atoms with Crippen molar-refractivity contribution in [2.24, 2.45) is 5.10 Å². The molecule has 0 saturated heterocycles. The van der Waals surface area contributed by atoms with Gasteiger partial charge >= 0.3 is 11.3 Å². The molecule has 0 saturated carbocycles. The van der Waals surface area contributed by atoms with Gasteiger partial charge in [0.25, 0.3) is 11.8 Å². The number of halogens is 3. The van der Waals surface area contributed by atoms with Gasteiger partial charge in [0.2, 0.25) is 0 Å². The number of amides is 2. The van der Waals surface area contributed by atoms with Crippen LogP contribution in [0.2, 0.25) is 15.1 Å². The zero-order chi connectivity index (χ0) is 33.6. The van der Waals surface area contributed by atoms with Gasteiger partial charge in [-0.3, -0.25) is 14.3 Å². The number of rotatable bonds is 18. The first-order valence-electron chi connectivity index (χ1n) is 15.8. The van der Waals surface area contributed by atoms with Crippen molar-refractivity contribution in [2.45, 2.75) is 77.6 Å². The average molecular weight is 722 g/mol. The molecule has 1 aliphatic rings. The minimum absolute atomic E-state index is 0.114. The summed E-state index contributed by atoms with van der Waals surface area (Å²) in [5.41, 5.74) is 0.803. The first-order chi connectivity index (χ1) is 22.7. The van der Waals surface area contributed by atoms with Crippen molar-refractivity contribution in [1.82, 2.24) is 5.32 Å². The summed E-state index contributed by atoms with van der Waals surface area (Å²) >= 11 is 16.5. The molecule has 0 aromatic heterocycles. The van der Waals surface area contributed by atoms with E-state index < -0.39 is 23.1 Å². The van der Waals surface area contributed by atoms with Gasteiger partial charge in [-0.2, -0.15) is 14.3 Å². The Kier molecular flexibility index (Phi) is 14.7. The Hall–Kier alpha value is -3.31. The lowest BCUT2D eigenvalue weighted by molar-refractivity contribution is -0.116. The lowest BCUT2D eigenvalue weighted by Crippen LogP contribution is -2.29. The molecule has 4 rings (SSSR count). The van der Waals surface area contributed by atoms with Crippen molar-refractivity contribution in [3.05, 3.63) is 81.3 Å².